The Hall–Kier alpha value is -2.69. The third-order valence-corrected chi connectivity index (χ3v) is 6.42. The lowest BCUT2D eigenvalue weighted by atomic mass is 9.80. The summed E-state index contributed by atoms with van der Waals surface area (Å²) in [7, 11) is 0. The maximum atomic E-state index is 13.3. The van der Waals surface area contributed by atoms with Crippen LogP contribution in [0.1, 0.15) is 29.5 Å². The summed E-state index contributed by atoms with van der Waals surface area (Å²) in [4.78, 5) is 20.6. The molecule has 1 atom stereocenters. The van der Waals surface area contributed by atoms with Crippen LogP contribution < -0.4 is 11.1 Å². The van der Waals surface area contributed by atoms with Gasteiger partial charge in [0.1, 0.15) is 17.4 Å². The van der Waals surface area contributed by atoms with Crippen LogP contribution in [0.4, 0.5) is 11.6 Å². The Morgan fingerprint density at radius 3 is 2.53 bits per heavy atom. The van der Waals surface area contributed by atoms with Crippen molar-refractivity contribution in [3.8, 4) is 5.75 Å². The first-order valence-corrected chi connectivity index (χ1v) is 11.6. The van der Waals surface area contributed by atoms with E-state index in [1.807, 2.05) is 30.3 Å². The minimum atomic E-state index is -0.645. The van der Waals surface area contributed by atoms with Crippen molar-refractivity contribution in [3.63, 3.8) is 0 Å². The fraction of sp³-hybridized carbons (Fsp3) is 0.136. The van der Waals surface area contributed by atoms with Crippen molar-refractivity contribution in [2.24, 2.45) is 0 Å². The predicted octanol–water partition coefficient (Wildman–Crippen LogP) is 5.48. The highest BCUT2D eigenvalue weighted by molar-refractivity contribution is 9.11. The van der Waals surface area contributed by atoms with Crippen molar-refractivity contribution in [2.45, 2.75) is 12.8 Å². The van der Waals surface area contributed by atoms with Gasteiger partial charge < -0.3 is 25.9 Å². The molecule has 32 heavy (non-hydrogen) atoms. The van der Waals surface area contributed by atoms with Crippen LogP contribution in [-0.4, -0.2) is 27.7 Å². The van der Waals surface area contributed by atoms with E-state index < -0.39 is 11.9 Å². The van der Waals surface area contributed by atoms with E-state index in [9.17, 15) is 9.90 Å². The number of hydrogen-bond acceptors (Lipinski definition) is 7. The maximum Gasteiger partial charge on any atom is 0.337 e. The van der Waals surface area contributed by atoms with Crippen LogP contribution in [0.2, 0.25) is 0 Å². The number of phenols is 1. The number of anilines is 2. The van der Waals surface area contributed by atoms with Crippen LogP contribution in [0.3, 0.4) is 0 Å². The number of hydrogen-bond donors (Lipinski definition) is 4. The van der Waals surface area contributed by atoms with Gasteiger partial charge in [0.05, 0.1) is 32.7 Å². The summed E-state index contributed by atoms with van der Waals surface area (Å²) in [5.74, 6) is -0.355. The maximum absolute atomic E-state index is 13.3. The minimum Gasteiger partial charge on any atom is -0.506 e. The van der Waals surface area contributed by atoms with Crippen LogP contribution in [0.15, 0.2) is 57.0 Å². The molecule has 1 aliphatic rings. The van der Waals surface area contributed by atoms with Gasteiger partial charge in [0.15, 0.2) is 4.77 Å². The molecule has 2 heterocycles. The predicted molar refractivity (Wildman–Crippen MR) is 133 cm³/mol. The van der Waals surface area contributed by atoms with Gasteiger partial charge in [0.2, 0.25) is 0 Å². The fourth-order valence-corrected chi connectivity index (χ4v) is 5.13. The van der Waals surface area contributed by atoms with Crippen LogP contribution in [-0.2, 0) is 9.53 Å². The van der Waals surface area contributed by atoms with Gasteiger partial charge in [-0.2, -0.15) is 0 Å². The second-order valence-corrected chi connectivity index (χ2v) is 9.08. The second-order valence-electron chi connectivity index (χ2n) is 6.98. The summed E-state index contributed by atoms with van der Waals surface area (Å²) in [6, 6.07) is 12.9. The van der Waals surface area contributed by atoms with E-state index in [2.05, 4.69) is 47.1 Å². The summed E-state index contributed by atoms with van der Waals surface area (Å²) in [5.41, 5.74) is 9.30. The van der Waals surface area contributed by atoms with Gasteiger partial charge in [-0.3, -0.25) is 0 Å². The number of carbonyl (C=O) groups is 1. The molecule has 0 radical (unpaired) electrons. The van der Waals surface area contributed by atoms with Crippen molar-refractivity contribution >= 4 is 67.4 Å². The lowest BCUT2D eigenvalue weighted by molar-refractivity contribution is -0.138. The Bertz CT molecular complexity index is 1290. The molecule has 0 spiro atoms. The van der Waals surface area contributed by atoms with E-state index in [4.69, 9.17) is 22.7 Å². The zero-order valence-corrected chi connectivity index (χ0v) is 20.8. The first kappa shape index (κ1) is 22.5. The Kier molecular flexibility index (Phi) is 6.36. The number of benzene rings is 2. The Morgan fingerprint density at radius 1 is 1.25 bits per heavy atom. The quantitative estimate of drug-likeness (QED) is 0.240. The van der Waals surface area contributed by atoms with E-state index in [-0.39, 0.29) is 22.9 Å². The zero-order chi connectivity index (χ0) is 23.0. The number of rotatable bonds is 4. The van der Waals surface area contributed by atoms with Crippen LogP contribution in [0.5, 0.6) is 5.75 Å². The molecule has 2 aromatic carbocycles. The summed E-state index contributed by atoms with van der Waals surface area (Å²) in [5, 5.41) is 13.5. The van der Waals surface area contributed by atoms with E-state index in [1.165, 1.54) is 0 Å². The number of H-pyrrole nitrogens is 1. The van der Waals surface area contributed by atoms with E-state index >= 15 is 0 Å². The molecule has 7 nitrogen and oxygen atoms in total. The molecule has 0 fully saturated rings. The van der Waals surface area contributed by atoms with Crippen LogP contribution >= 0.6 is 44.1 Å². The van der Waals surface area contributed by atoms with Gasteiger partial charge in [0, 0.05) is 5.56 Å². The fourth-order valence-electron chi connectivity index (χ4n) is 3.71. The molecule has 1 aliphatic heterocycles. The third-order valence-electron chi connectivity index (χ3n) is 5.02. The molecule has 4 rings (SSSR count). The molecule has 0 saturated carbocycles. The summed E-state index contributed by atoms with van der Waals surface area (Å²) >= 11 is 12.0. The molecule has 1 aromatic heterocycles. The number of aromatic nitrogens is 2. The van der Waals surface area contributed by atoms with Crippen LogP contribution in [0.25, 0.3) is 5.70 Å². The van der Waals surface area contributed by atoms with Gasteiger partial charge in [-0.05, 0) is 74.3 Å². The third kappa shape index (κ3) is 4.05. The number of phenolic OH excluding ortho intramolecular Hbond substituents is 1. The number of ether oxygens (including phenoxy) is 1. The van der Waals surface area contributed by atoms with Gasteiger partial charge in [-0.25, -0.2) is 9.78 Å². The number of nitrogens with two attached hydrogens (primary N) is 1. The molecular weight excluding hydrogens is 560 g/mol. The lowest BCUT2D eigenvalue weighted by Gasteiger charge is -2.31. The number of aromatic hydroxyl groups is 1. The molecule has 0 aliphatic carbocycles. The summed E-state index contributed by atoms with van der Waals surface area (Å²) in [6.45, 7) is 1.96. The van der Waals surface area contributed by atoms with Crippen molar-refractivity contribution < 1.29 is 14.6 Å². The topological polar surface area (TPSA) is 113 Å². The van der Waals surface area contributed by atoms with Crippen LogP contribution in [0, 0.1) is 4.77 Å². The number of halogens is 2. The Balaban J connectivity index is 2.09. The molecule has 10 heteroatoms. The van der Waals surface area contributed by atoms with E-state index in [0.29, 0.717) is 37.2 Å². The molecule has 164 valence electrons. The molecule has 0 amide bonds. The molecule has 5 N–H and O–H groups in total. The van der Waals surface area contributed by atoms with Gasteiger partial charge in [0.25, 0.3) is 0 Å². The number of esters is 1. The normalized spacial score (nSPS) is 15.2. The minimum absolute atomic E-state index is 0.0476. The first-order valence-electron chi connectivity index (χ1n) is 9.63. The van der Waals surface area contributed by atoms with E-state index in [1.54, 1.807) is 19.1 Å². The largest absolute Gasteiger partial charge is 0.506 e. The number of aromatic amines is 1. The highest BCUT2D eigenvalue weighted by Crippen LogP contribution is 2.48. The summed E-state index contributed by atoms with van der Waals surface area (Å²) < 4.78 is 6.58. The van der Waals surface area contributed by atoms with Gasteiger partial charge in [-0.1, -0.05) is 30.3 Å². The van der Waals surface area contributed by atoms with Gasteiger partial charge >= 0.3 is 5.97 Å². The molecule has 0 bridgehead atoms. The number of carbonyl (C=O) groups excluding carboxylic acids is 1. The van der Waals surface area contributed by atoms with Gasteiger partial charge in [-0.15, -0.1) is 0 Å². The highest BCUT2D eigenvalue weighted by atomic mass is 79.9. The monoisotopic (exact) mass is 576 g/mol. The SMILES string of the molecule is CCOC(=O)C1=C(c2ccccc2)Nc2nc(=S)[nH]c(N)c2C1c1cc(Br)c(O)c(Br)c1. The van der Waals surface area contributed by atoms with Crippen molar-refractivity contribution in [1.29, 1.82) is 0 Å². The zero-order valence-electron chi connectivity index (χ0n) is 16.8. The highest BCUT2D eigenvalue weighted by Gasteiger charge is 2.38. The molecule has 3 aromatic rings. The number of nitrogens with zero attached hydrogens (tertiary/aromatic N) is 1. The second kappa shape index (κ2) is 9.05. The Labute approximate surface area is 206 Å². The van der Waals surface area contributed by atoms with Crippen molar-refractivity contribution in [3.05, 3.63) is 78.4 Å². The standard InChI is InChI=1S/C22H18Br2N4O3S/c1-2-31-21(30)15-14(11-8-12(23)18(29)13(24)9-11)16-19(25)27-22(32)28-20(16)26-17(15)10-6-4-3-5-7-10/h3-9,14,29H,2H2,1H3,(H4,25,26,27,28,32). The number of nitrogens with one attached hydrogen (secondary N) is 2. The number of fused-ring (bicyclic) bond motifs is 1. The molecule has 0 saturated heterocycles. The number of nitrogen functional groups attached to an aromatic ring is 1. The average molecular weight is 578 g/mol. The van der Waals surface area contributed by atoms with Crippen molar-refractivity contribution in [2.75, 3.05) is 17.7 Å². The van der Waals surface area contributed by atoms with E-state index in [0.717, 1.165) is 5.56 Å². The molecule has 1 unspecified atom stereocenters. The average Bonchev–Trinajstić information content (AvgIpc) is 2.76. The summed E-state index contributed by atoms with van der Waals surface area (Å²) in [6.07, 6.45) is 0. The molecular formula is C22H18Br2N4O3S. The smallest absolute Gasteiger partial charge is 0.337 e. The Morgan fingerprint density at radius 2 is 1.91 bits per heavy atom. The lowest BCUT2D eigenvalue weighted by Crippen LogP contribution is -2.27. The first-order chi connectivity index (χ1) is 15.3. The van der Waals surface area contributed by atoms with Crippen molar-refractivity contribution in [1.82, 2.24) is 9.97 Å².